The summed E-state index contributed by atoms with van der Waals surface area (Å²) in [5.74, 6) is 1.08. The lowest BCUT2D eigenvalue weighted by atomic mass is 9.99. The molecule has 3 nitrogen and oxygen atoms in total. The molecule has 0 aliphatic rings. The molecule has 256 valence electrons. The molecule has 0 heterocycles. The van der Waals surface area contributed by atoms with Gasteiger partial charge in [0.05, 0.1) is 6.61 Å². The maximum atomic E-state index is 10.3. The van der Waals surface area contributed by atoms with Gasteiger partial charge < -0.3 is 14.3 Å². The molecule has 0 N–H and O–H groups in total. The van der Waals surface area contributed by atoms with Gasteiger partial charge in [-0.2, -0.15) is 0 Å². The van der Waals surface area contributed by atoms with Crippen LogP contribution in [-0.2, 0) is 22.4 Å². The molecule has 0 aliphatic heterocycles. The van der Waals surface area contributed by atoms with Crippen LogP contribution in [0.5, 0.6) is 5.75 Å². The van der Waals surface area contributed by atoms with Crippen LogP contribution in [0.3, 0.4) is 0 Å². The highest BCUT2D eigenvalue weighted by atomic mass is 16.5. The maximum Gasteiger partial charge on any atom is 0.122 e. The van der Waals surface area contributed by atoms with E-state index in [1.165, 1.54) is 172 Å². The number of ether oxygens (including phenoxy) is 2. The first kappa shape index (κ1) is 40.7. The average molecular weight is 615 g/mol. The van der Waals surface area contributed by atoms with Crippen molar-refractivity contribution in [1.82, 2.24) is 0 Å². The number of carbonyl (C=O) groups is 1. The standard InChI is InChI=1S/C41H74O3/c1-3-5-7-9-18-22-26-30-39-32-33-41(40(38-39)31-27-23-19-10-8-6-4-2)44-37-36-43-35-29-25-21-17-15-13-11-12-14-16-20-24-28-34-42/h32-34,38H,3-31,35-37H2,1-2H3. The van der Waals surface area contributed by atoms with Crippen molar-refractivity contribution in [2.45, 2.75) is 200 Å². The Morgan fingerprint density at radius 3 is 1.52 bits per heavy atom. The van der Waals surface area contributed by atoms with E-state index in [2.05, 4.69) is 32.0 Å². The van der Waals surface area contributed by atoms with Gasteiger partial charge in [0.15, 0.2) is 0 Å². The van der Waals surface area contributed by atoms with Crippen molar-refractivity contribution in [2.75, 3.05) is 19.8 Å². The van der Waals surface area contributed by atoms with Crippen molar-refractivity contribution < 1.29 is 14.3 Å². The first-order valence-electron chi connectivity index (χ1n) is 19.6. The van der Waals surface area contributed by atoms with Gasteiger partial charge in [0, 0.05) is 13.0 Å². The lowest BCUT2D eigenvalue weighted by Gasteiger charge is -2.14. The fourth-order valence-corrected chi connectivity index (χ4v) is 6.20. The van der Waals surface area contributed by atoms with Gasteiger partial charge in [0.2, 0.25) is 0 Å². The molecule has 0 bridgehead atoms. The van der Waals surface area contributed by atoms with Crippen LogP contribution in [0.4, 0.5) is 0 Å². The number of hydrogen-bond donors (Lipinski definition) is 0. The normalized spacial score (nSPS) is 11.3. The molecule has 0 spiro atoms. The molecule has 0 atom stereocenters. The number of aryl methyl sites for hydroxylation is 2. The minimum atomic E-state index is 0.651. The minimum absolute atomic E-state index is 0.651. The SMILES string of the molecule is CCCCCCCCCc1ccc(OCCOCCCCCCCCCCCCCCC=O)c(CCCCCCCCC)c1. The molecule has 1 aromatic rings. The van der Waals surface area contributed by atoms with Crippen molar-refractivity contribution in [3.05, 3.63) is 29.3 Å². The van der Waals surface area contributed by atoms with E-state index >= 15 is 0 Å². The van der Waals surface area contributed by atoms with Gasteiger partial charge in [-0.15, -0.1) is 0 Å². The van der Waals surface area contributed by atoms with Crippen LogP contribution in [0.1, 0.15) is 198 Å². The summed E-state index contributed by atoms with van der Waals surface area (Å²) in [5, 5.41) is 0. The molecule has 3 heteroatoms. The highest BCUT2D eigenvalue weighted by Crippen LogP contribution is 2.24. The molecule has 0 saturated heterocycles. The van der Waals surface area contributed by atoms with Crippen LogP contribution in [0.2, 0.25) is 0 Å². The first-order chi connectivity index (χ1) is 21.8. The van der Waals surface area contributed by atoms with Gasteiger partial charge in [0.1, 0.15) is 18.6 Å². The molecule has 0 saturated carbocycles. The molecular formula is C41H74O3. The fourth-order valence-electron chi connectivity index (χ4n) is 6.20. The Morgan fingerprint density at radius 1 is 0.500 bits per heavy atom. The molecule has 0 amide bonds. The topological polar surface area (TPSA) is 35.5 Å². The van der Waals surface area contributed by atoms with Crippen molar-refractivity contribution in [1.29, 1.82) is 0 Å². The van der Waals surface area contributed by atoms with Gasteiger partial charge in [0.25, 0.3) is 0 Å². The van der Waals surface area contributed by atoms with Crippen LogP contribution in [0.25, 0.3) is 0 Å². The van der Waals surface area contributed by atoms with Crippen LogP contribution < -0.4 is 4.74 Å². The van der Waals surface area contributed by atoms with Crippen molar-refractivity contribution in [3.63, 3.8) is 0 Å². The lowest BCUT2D eigenvalue weighted by molar-refractivity contribution is -0.107. The smallest absolute Gasteiger partial charge is 0.122 e. The average Bonchev–Trinajstić information content (AvgIpc) is 3.04. The Morgan fingerprint density at radius 2 is 0.977 bits per heavy atom. The summed E-state index contributed by atoms with van der Waals surface area (Å²) in [7, 11) is 0. The van der Waals surface area contributed by atoms with Gasteiger partial charge >= 0.3 is 0 Å². The van der Waals surface area contributed by atoms with Crippen molar-refractivity contribution >= 4 is 6.29 Å². The molecule has 1 aromatic carbocycles. The quantitative estimate of drug-likeness (QED) is 0.0563. The van der Waals surface area contributed by atoms with E-state index in [-0.39, 0.29) is 0 Å². The van der Waals surface area contributed by atoms with E-state index in [1.54, 1.807) is 0 Å². The second kappa shape index (κ2) is 33.0. The zero-order valence-electron chi connectivity index (χ0n) is 29.7. The number of benzene rings is 1. The van der Waals surface area contributed by atoms with Crippen LogP contribution in [0, 0.1) is 0 Å². The van der Waals surface area contributed by atoms with E-state index in [1.807, 2.05) is 0 Å². The fraction of sp³-hybridized carbons (Fsp3) is 0.829. The molecule has 0 radical (unpaired) electrons. The molecule has 1 rings (SSSR count). The van der Waals surface area contributed by atoms with Crippen LogP contribution in [-0.4, -0.2) is 26.1 Å². The van der Waals surface area contributed by atoms with Gasteiger partial charge in [-0.3, -0.25) is 0 Å². The molecule has 44 heavy (non-hydrogen) atoms. The Bertz CT molecular complexity index is 731. The zero-order valence-corrected chi connectivity index (χ0v) is 29.7. The van der Waals surface area contributed by atoms with E-state index < -0.39 is 0 Å². The summed E-state index contributed by atoms with van der Waals surface area (Å²) >= 11 is 0. The van der Waals surface area contributed by atoms with Gasteiger partial charge in [-0.05, 0) is 55.7 Å². The second-order valence-electron chi connectivity index (χ2n) is 13.3. The van der Waals surface area contributed by atoms with E-state index in [9.17, 15) is 4.79 Å². The van der Waals surface area contributed by atoms with Crippen molar-refractivity contribution in [3.8, 4) is 5.75 Å². The third-order valence-electron chi connectivity index (χ3n) is 9.09. The third kappa shape index (κ3) is 25.9. The summed E-state index contributed by atoms with van der Waals surface area (Å²) in [4.78, 5) is 10.3. The largest absolute Gasteiger partial charge is 0.491 e. The molecule has 0 unspecified atom stereocenters. The number of hydrogen-bond acceptors (Lipinski definition) is 3. The number of carbonyl (C=O) groups excluding carboxylic acids is 1. The van der Waals surface area contributed by atoms with Gasteiger partial charge in [-0.1, -0.05) is 167 Å². The number of unbranched alkanes of at least 4 members (excludes halogenated alkanes) is 24. The summed E-state index contributed by atoms with van der Waals surface area (Å²) in [5.41, 5.74) is 2.90. The third-order valence-corrected chi connectivity index (χ3v) is 9.09. The summed E-state index contributed by atoms with van der Waals surface area (Å²) in [6.45, 7) is 6.78. The Hall–Kier alpha value is -1.35. The Kier molecular flexibility index (Phi) is 30.5. The second-order valence-corrected chi connectivity index (χ2v) is 13.3. The molecular weight excluding hydrogens is 540 g/mol. The van der Waals surface area contributed by atoms with Gasteiger partial charge in [-0.25, -0.2) is 0 Å². The molecule has 0 aliphatic carbocycles. The lowest BCUT2D eigenvalue weighted by Crippen LogP contribution is -2.09. The zero-order chi connectivity index (χ0) is 31.6. The minimum Gasteiger partial charge on any atom is -0.491 e. The number of rotatable bonds is 35. The molecule has 0 aromatic heterocycles. The first-order valence-corrected chi connectivity index (χ1v) is 19.6. The van der Waals surface area contributed by atoms with Crippen LogP contribution >= 0.6 is 0 Å². The van der Waals surface area contributed by atoms with Crippen LogP contribution in [0.15, 0.2) is 18.2 Å². The predicted molar refractivity (Wildman–Crippen MR) is 192 cm³/mol. The number of aldehydes is 1. The van der Waals surface area contributed by atoms with E-state index in [0.717, 1.165) is 44.3 Å². The Labute approximate surface area is 275 Å². The predicted octanol–water partition coefficient (Wildman–Crippen LogP) is 12.9. The monoisotopic (exact) mass is 615 g/mol. The maximum absolute atomic E-state index is 10.3. The summed E-state index contributed by atoms with van der Waals surface area (Å²) < 4.78 is 12.2. The summed E-state index contributed by atoms with van der Waals surface area (Å²) in [6, 6.07) is 6.99. The highest BCUT2D eigenvalue weighted by Gasteiger charge is 2.07. The molecule has 0 fully saturated rings. The highest BCUT2D eigenvalue weighted by molar-refractivity contribution is 5.48. The van der Waals surface area contributed by atoms with E-state index in [0.29, 0.717) is 13.2 Å². The van der Waals surface area contributed by atoms with Crippen molar-refractivity contribution in [2.24, 2.45) is 0 Å². The Balaban J connectivity index is 2.19. The summed E-state index contributed by atoms with van der Waals surface area (Å²) in [6.07, 6.45) is 38.7. The van der Waals surface area contributed by atoms with E-state index in [4.69, 9.17) is 9.47 Å².